The average molecular weight is 285 g/mol. The first kappa shape index (κ1) is 14.6. The Kier molecular flexibility index (Phi) is 4.11. The number of ketones is 1. The van der Waals surface area contributed by atoms with Crippen molar-refractivity contribution in [3.63, 3.8) is 0 Å². The van der Waals surface area contributed by atoms with E-state index in [1.165, 1.54) is 11.9 Å². The summed E-state index contributed by atoms with van der Waals surface area (Å²) in [6.07, 6.45) is 1.67. The monoisotopic (exact) mass is 285 g/mol. The number of carbonyl (C=O) groups is 2. The maximum atomic E-state index is 13.6. The van der Waals surface area contributed by atoms with Crippen LogP contribution in [0.4, 0.5) is 13.2 Å². The third-order valence-electron chi connectivity index (χ3n) is 3.60. The highest BCUT2D eigenvalue weighted by Crippen LogP contribution is 2.23. The molecule has 1 aromatic rings. The molecule has 1 aliphatic rings. The summed E-state index contributed by atoms with van der Waals surface area (Å²) in [4.78, 5) is 24.5. The lowest BCUT2D eigenvalue weighted by molar-refractivity contribution is -0.121. The van der Waals surface area contributed by atoms with Crippen LogP contribution in [0.2, 0.25) is 0 Å². The fourth-order valence-electron chi connectivity index (χ4n) is 2.40. The maximum Gasteiger partial charge on any atom is 0.259 e. The molecule has 1 aliphatic carbocycles. The van der Waals surface area contributed by atoms with Crippen LogP contribution in [0.3, 0.4) is 0 Å². The molecule has 0 bridgehead atoms. The zero-order valence-electron chi connectivity index (χ0n) is 11.0. The van der Waals surface area contributed by atoms with E-state index < -0.39 is 28.9 Å². The Bertz CT molecular complexity index is 526. The van der Waals surface area contributed by atoms with Crippen molar-refractivity contribution in [1.82, 2.24) is 4.90 Å². The van der Waals surface area contributed by atoms with Crippen molar-refractivity contribution in [2.75, 3.05) is 7.05 Å². The standard InChI is InChI=1S/C14H14F3NO2/c1-18(9-2-4-10(19)5-3-9)14(20)13-11(16)6-8(15)7-12(13)17/h6-7,9H,2-5H2,1H3. The molecule has 0 N–H and O–H groups in total. The maximum absolute atomic E-state index is 13.6. The lowest BCUT2D eigenvalue weighted by atomic mass is 9.93. The van der Waals surface area contributed by atoms with Crippen molar-refractivity contribution in [3.8, 4) is 0 Å². The van der Waals surface area contributed by atoms with Gasteiger partial charge in [-0.15, -0.1) is 0 Å². The Morgan fingerprint density at radius 3 is 2.15 bits per heavy atom. The molecule has 0 unspecified atom stereocenters. The third kappa shape index (κ3) is 2.84. The molecule has 0 spiro atoms. The number of benzene rings is 1. The van der Waals surface area contributed by atoms with E-state index in [1.54, 1.807) is 0 Å². The summed E-state index contributed by atoms with van der Waals surface area (Å²) < 4.78 is 40.0. The predicted octanol–water partition coefficient (Wildman–Crippen LogP) is 2.69. The van der Waals surface area contributed by atoms with Crippen molar-refractivity contribution in [2.24, 2.45) is 0 Å². The fourth-order valence-corrected chi connectivity index (χ4v) is 2.40. The van der Waals surface area contributed by atoms with Crippen molar-refractivity contribution in [3.05, 3.63) is 35.1 Å². The van der Waals surface area contributed by atoms with Gasteiger partial charge in [-0.2, -0.15) is 0 Å². The Hall–Kier alpha value is -1.85. The molecular formula is C14H14F3NO2. The summed E-state index contributed by atoms with van der Waals surface area (Å²) in [6, 6.07) is 0.729. The van der Waals surface area contributed by atoms with Gasteiger partial charge in [0.25, 0.3) is 5.91 Å². The molecular weight excluding hydrogens is 271 g/mol. The quantitative estimate of drug-likeness (QED) is 0.837. The molecule has 1 amide bonds. The van der Waals surface area contributed by atoms with Gasteiger partial charge in [-0.25, -0.2) is 13.2 Å². The SMILES string of the molecule is CN(C(=O)c1c(F)cc(F)cc1F)C1CCC(=O)CC1. The smallest absolute Gasteiger partial charge is 0.259 e. The molecule has 108 valence electrons. The Morgan fingerprint density at radius 1 is 1.15 bits per heavy atom. The number of rotatable bonds is 2. The zero-order chi connectivity index (χ0) is 14.9. The minimum absolute atomic E-state index is 0.126. The summed E-state index contributed by atoms with van der Waals surface area (Å²) in [5, 5.41) is 0. The van der Waals surface area contributed by atoms with E-state index in [9.17, 15) is 22.8 Å². The summed E-state index contributed by atoms with van der Waals surface area (Å²) in [6.45, 7) is 0. The van der Waals surface area contributed by atoms with Crippen molar-refractivity contribution in [1.29, 1.82) is 0 Å². The third-order valence-corrected chi connectivity index (χ3v) is 3.60. The van der Waals surface area contributed by atoms with Gasteiger partial charge in [0.2, 0.25) is 0 Å². The first-order valence-electron chi connectivity index (χ1n) is 6.33. The van der Waals surface area contributed by atoms with Gasteiger partial charge in [-0.05, 0) is 12.8 Å². The minimum atomic E-state index is -1.22. The summed E-state index contributed by atoms with van der Waals surface area (Å²) in [5.74, 6) is -4.21. The number of nitrogens with zero attached hydrogens (tertiary/aromatic N) is 1. The zero-order valence-corrected chi connectivity index (χ0v) is 11.0. The molecule has 20 heavy (non-hydrogen) atoms. The van der Waals surface area contributed by atoms with Crippen LogP contribution in [0.25, 0.3) is 0 Å². The van der Waals surface area contributed by atoms with Gasteiger partial charge in [-0.3, -0.25) is 9.59 Å². The van der Waals surface area contributed by atoms with Crippen LogP contribution in [0.1, 0.15) is 36.0 Å². The van der Waals surface area contributed by atoms with E-state index in [-0.39, 0.29) is 11.8 Å². The molecule has 0 aliphatic heterocycles. The van der Waals surface area contributed by atoms with E-state index in [2.05, 4.69) is 0 Å². The van der Waals surface area contributed by atoms with Crippen LogP contribution >= 0.6 is 0 Å². The van der Waals surface area contributed by atoms with Crippen LogP contribution < -0.4 is 0 Å². The van der Waals surface area contributed by atoms with Crippen LogP contribution in [-0.4, -0.2) is 29.7 Å². The molecule has 1 saturated carbocycles. The van der Waals surface area contributed by atoms with Crippen molar-refractivity contribution in [2.45, 2.75) is 31.7 Å². The molecule has 0 saturated heterocycles. The molecule has 0 radical (unpaired) electrons. The summed E-state index contributed by atoms with van der Waals surface area (Å²) >= 11 is 0. The average Bonchev–Trinajstić information content (AvgIpc) is 2.37. The highest BCUT2D eigenvalue weighted by atomic mass is 19.1. The normalized spacial score (nSPS) is 16.3. The highest BCUT2D eigenvalue weighted by molar-refractivity contribution is 5.95. The minimum Gasteiger partial charge on any atom is -0.339 e. The molecule has 2 rings (SSSR count). The van der Waals surface area contributed by atoms with Crippen LogP contribution in [-0.2, 0) is 4.79 Å². The number of halogens is 3. The second kappa shape index (κ2) is 5.64. The number of Topliss-reactive ketones (excluding diaryl/α,β-unsaturated/α-hetero) is 1. The topological polar surface area (TPSA) is 37.4 Å². The number of amides is 1. The highest BCUT2D eigenvalue weighted by Gasteiger charge is 2.29. The Labute approximate surface area is 114 Å². The van der Waals surface area contributed by atoms with Gasteiger partial charge >= 0.3 is 0 Å². The number of carbonyl (C=O) groups excluding carboxylic acids is 2. The molecule has 1 fully saturated rings. The first-order chi connectivity index (χ1) is 9.40. The number of hydrogen-bond donors (Lipinski definition) is 0. The lowest BCUT2D eigenvalue weighted by Gasteiger charge is -2.31. The first-order valence-corrected chi connectivity index (χ1v) is 6.33. The van der Waals surface area contributed by atoms with Gasteiger partial charge < -0.3 is 4.90 Å². The summed E-state index contributed by atoms with van der Waals surface area (Å²) in [7, 11) is 1.44. The van der Waals surface area contributed by atoms with Crippen molar-refractivity contribution >= 4 is 11.7 Å². The van der Waals surface area contributed by atoms with Gasteiger partial charge in [0.05, 0.1) is 0 Å². The van der Waals surface area contributed by atoms with Crippen LogP contribution in [0, 0.1) is 17.5 Å². The second-order valence-electron chi connectivity index (χ2n) is 4.93. The second-order valence-corrected chi connectivity index (χ2v) is 4.93. The van der Waals surface area contributed by atoms with Crippen molar-refractivity contribution < 1.29 is 22.8 Å². The molecule has 6 heteroatoms. The Morgan fingerprint density at radius 2 is 1.65 bits per heavy atom. The molecule has 3 nitrogen and oxygen atoms in total. The van der Waals surface area contributed by atoms with Crippen LogP contribution in [0.5, 0.6) is 0 Å². The Balaban J connectivity index is 2.21. The molecule has 0 heterocycles. The van der Waals surface area contributed by atoms with E-state index in [0.717, 1.165) is 0 Å². The van der Waals surface area contributed by atoms with Gasteiger partial charge in [0.1, 0.15) is 28.8 Å². The fraction of sp³-hybridized carbons (Fsp3) is 0.429. The van der Waals surface area contributed by atoms with Crippen LogP contribution in [0.15, 0.2) is 12.1 Å². The van der Waals surface area contributed by atoms with E-state index >= 15 is 0 Å². The van der Waals surface area contributed by atoms with E-state index in [0.29, 0.717) is 37.8 Å². The lowest BCUT2D eigenvalue weighted by Crippen LogP contribution is -2.40. The molecule has 0 atom stereocenters. The predicted molar refractivity (Wildman–Crippen MR) is 65.7 cm³/mol. The van der Waals surface area contributed by atoms with E-state index in [1.807, 2.05) is 0 Å². The van der Waals surface area contributed by atoms with E-state index in [4.69, 9.17) is 0 Å². The number of hydrogen-bond acceptors (Lipinski definition) is 2. The van der Waals surface area contributed by atoms with Gasteiger partial charge in [-0.1, -0.05) is 0 Å². The molecule has 1 aromatic carbocycles. The molecule has 0 aromatic heterocycles. The summed E-state index contributed by atoms with van der Waals surface area (Å²) in [5.41, 5.74) is -0.759. The van der Waals surface area contributed by atoms with Gasteiger partial charge in [0.15, 0.2) is 0 Å². The largest absolute Gasteiger partial charge is 0.339 e. The van der Waals surface area contributed by atoms with Gasteiger partial charge in [0, 0.05) is 38.1 Å².